The maximum Gasteiger partial charge on any atom is 0.416 e. The van der Waals surface area contributed by atoms with Crippen molar-refractivity contribution in [3.8, 4) is 11.5 Å². The molecule has 1 heterocycles. The van der Waals surface area contributed by atoms with Crippen LogP contribution in [0.25, 0.3) is 6.08 Å². The number of hydrogen-bond donors (Lipinski definition) is 1. The van der Waals surface area contributed by atoms with Crippen LogP contribution in [0.5, 0.6) is 11.5 Å². The highest BCUT2D eigenvalue weighted by Crippen LogP contribution is 2.39. The lowest BCUT2D eigenvalue weighted by atomic mass is 10.1. The second kappa shape index (κ2) is 10.5. The standard InChI is InChI=1S/C25H14BrClF3N3O6/c1-12-8-15(26)4-5-18(12)32-23(35)16(22(34)31-24(32)36)9-13-2-6-20(17(27)10-13)39-21-7-3-14(25(28,29)30)11-19(21)33(37)38/h2-11H,1H3,(H,31,34,36)/b16-9+. The number of alkyl halides is 3. The van der Waals surface area contributed by atoms with Gasteiger partial charge in [0, 0.05) is 10.5 Å². The number of nitrogens with one attached hydrogen (secondary N) is 1. The van der Waals surface area contributed by atoms with Gasteiger partial charge in [0.1, 0.15) is 11.3 Å². The summed E-state index contributed by atoms with van der Waals surface area (Å²) in [6, 6.07) is 9.58. The molecule has 1 aliphatic heterocycles. The van der Waals surface area contributed by atoms with Crippen LogP contribution >= 0.6 is 27.5 Å². The molecule has 0 saturated carbocycles. The minimum Gasteiger partial charge on any atom is -0.449 e. The highest BCUT2D eigenvalue weighted by atomic mass is 79.9. The van der Waals surface area contributed by atoms with Gasteiger partial charge in [-0.15, -0.1) is 0 Å². The van der Waals surface area contributed by atoms with Gasteiger partial charge < -0.3 is 4.74 Å². The van der Waals surface area contributed by atoms with Gasteiger partial charge in [-0.25, -0.2) is 9.69 Å². The molecule has 4 amide bonds. The van der Waals surface area contributed by atoms with E-state index >= 15 is 0 Å². The Labute approximate surface area is 231 Å². The zero-order valence-corrected chi connectivity index (χ0v) is 21.8. The van der Waals surface area contributed by atoms with E-state index in [9.17, 15) is 37.7 Å². The molecule has 1 aliphatic rings. The van der Waals surface area contributed by atoms with E-state index in [1.165, 1.54) is 30.3 Å². The molecule has 0 unspecified atom stereocenters. The Balaban J connectivity index is 1.64. The Hall–Kier alpha value is -4.23. The molecule has 14 heteroatoms. The fourth-order valence-electron chi connectivity index (χ4n) is 3.64. The summed E-state index contributed by atoms with van der Waals surface area (Å²) in [6.45, 7) is 1.68. The number of benzene rings is 3. The van der Waals surface area contributed by atoms with Gasteiger partial charge in [-0.1, -0.05) is 33.6 Å². The average Bonchev–Trinajstić information content (AvgIpc) is 2.84. The first-order valence-electron chi connectivity index (χ1n) is 10.8. The highest BCUT2D eigenvalue weighted by Gasteiger charge is 2.37. The largest absolute Gasteiger partial charge is 0.449 e. The third-order valence-corrected chi connectivity index (χ3v) is 6.26. The van der Waals surface area contributed by atoms with Crippen LogP contribution < -0.4 is 15.0 Å². The lowest BCUT2D eigenvalue weighted by Crippen LogP contribution is -2.54. The Kier molecular flexibility index (Phi) is 7.48. The predicted molar refractivity (Wildman–Crippen MR) is 138 cm³/mol. The van der Waals surface area contributed by atoms with Gasteiger partial charge in [0.05, 0.1) is 21.2 Å². The number of rotatable bonds is 5. The molecular formula is C25H14BrClF3N3O6. The number of nitrogens with zero attached hydrogens (tertiary/aromatic N) is 2. The van der Waals surface area contributed by atoms with Crippen LogP contribution in [0.1, 0.15) is 16.7 Å². The number of urea groups is 1. The Morgan fingerprint density at radius 3 is 2.36 bits per heavy atom. The molecule has 0 spiro atoms. The quantitative estimate of drug-likeness (QED) is 0.144. The number of nitro groups is 1. The van der Waals surface area contributed by atoms with Gasteiger partial charge in [0.15, 0.2) is 0 Å². The van der Waals surface area contributed by atoms with Gasteiger partial charge >= 0.3 is 17.9 Å². The summed E-state index contributed by atoms with van der Waals surface area (Å²) in [6.07, 6.45) is -3.61. The van der Waals surface area contributed by atoms with Crippen molar-refractivity contribution >= 4 is 62.8 Å². The van der Waals surface area contributed by atoms with Gasteiger partial charge in [0.2, 0.25) is 5.75 Å². The summed E-state index contributed by atoms with van der Waals surface area (Å²) >= 11 is 9.53. The summed E-state index contributed by atoms with van der Waals surface area (Å²) in [5.74, 6) is -2.44. The number of barbiturate groups is 1. The molecule has 9 nitrogen and oxygen atoms in total. The highest BCUT2D eigenvalue weighted by molar-refractivity contribution is 9.10. The second-order valence-corrected chi connectivity index (χ2v) is 9.44. The first kappa shape index (κ1) is 27.8. The second-order valence-electron chi connectivity index (χ2n) is 8.12. The summed E-state index contributed by atoms with van der Waals surface area (Å²) in [7, 11) is 0. The number of halogens is 5. The van der Waals surface area contributed by atoms with Crippen molar-refractivity contribution < 1.29 is 37.2 Å². The SMILES string of the molecule is Cc1cc(Br)ccc1N1C(=O)NC(=O)/C(=C\c2ccc(Oc3ccc(C(F)(F)F)cc3[N+](=O)[O-])c(Cl)c2)C1=O. The van der Waals surface area contributed by atoms with E-state index in [1.807, 2.05) is 0 Å². The monoisotopic (exact) mass is 623 g/mol. The number of carbonyl (C=O) groups excluding carboxylic acids is 3. The molecule has 3 aromatic carbocycles. The Morgan fingerprint density at radius 1 is 1.05 bits per heavy atom. The fraction of sp³-hybridized carbons (Fsp3) is 0.0800. The van der Waals surface area contributed by atoms with Crippen LogP contribution in [0.3, 0.4) is 0 Å². The molecule has 4 rings (SSSR count). The summed E-state index contributed by atoms with van der Waals surface area (Å²) in [5.41, 5.74) is -1.45. The number of aryl methyl sites for hydroxylation is 1. The van der Waals surface area contributed by atoms with Crippen molar-refractivity contribution in [3.63, 3.8) is 0 Å². The summed E-state index contributed by atoms with van der Waals surface area (Å²) in [5, 5.41) is 13.3. The number of carbonyl (C=O) groups is 3. The van der Waals surface area contributed by atoms with E-state index in [1.54, 1.807) is 19.1 Å². The molecule has 1 saturated heterocycles. The van der Waals surface area contributed by atoms with Crippen molar-refractivity contribution in [2.75, 3.05) is 4.90 Å². The number of hydrogen-bond acceptors (Lipinski definition) is 6. The van der Waals surface area contributed by atoms with Crippen molar-refractivity contribution in [2.24, 2.45) is 0 Å². The normalized spacial score (nSPS) is 15.0. The van der Waals surface area contributed by atoms with Crippen molar-refractivity contribution in [3.05, 3.63) is 96.5 Å². The summed E-state index contributed by atoms with van der Waals surface area (Å²) < 4.78 is 45.0. The van der Waals surface area contributed by atoms with E-state index < -0.39 is 45.9 Å². The molecule has 1 fully saturated rings. The molecule has 0 aromatic heterocycles. The molecule has 3 aromatic rings. The lowest BCUT2D eigenvalue weighted by Gasteiger charge is -2.27. The van der Waals surface area contributed by atoms with Crippen LogP contribution in [-0.4, -0.2) is 22.8 Å². The van der Waals surface area contributed by atoms with Crippen LogP contribution in [-0.2, 0) is 15.8 Å². The molecule has 0 bridgehead atoms. The maximum atomic E-state index is 13.1. The number of amides is 4. The minimum absolute atomic E-state index is 0.126. The van der Waals surface area contributed by atoms with E-state index in [2.05, 4.69) is 21.2 Å². The third-order valence-electron chi connectivity index (χ3n) is 5.47. The topological polar surface area (TPSA) is 119 Å². The number of imide groups is 2. The Bertz CT molecular complexity index is 1590. The van der Waals surface area contributed by atoms with Crippen LogP contribution in [0.4, 0.5) is 29.3 Å². The van der Waals surface area contributed by atoms with Gasteiger partial charge in [0.25, 0.3) is 11.8 Å². The number of anilines is 1. The number of nitro benzene ring substituents is 1. The maximum absolute atomic E-state index is 13.1. The van der Waals surface area contributed by atoms with Gasteiger partial charge in [-0.3, -0.25) is 25.0 Å². The zero-order valence-electron chi connectivity index (χ0n) is 19.5. The van der Waals surface area contributed by atoms with E-state index in [4.69, 9.17) is 16.3 Å². The summed E-state index contributed by atoms with van der Waals surface area (Å²) in [4.78, 5) is 49.2. The minimum atomic E-state index is -4.80. The number of ether oxygens (including phenoxy) is 1. The molecule has 0 aliphatic carbocycles. The van der Waals surface area contributed by atoms with Crippen molar-refractivity contribution in [2.45, 2.75) is 13.1 Å². The molecule has 0 radical (unpaired) electrons. The molecule has 1 N–H and O–H groups in total. The van der Waals surface area contributed by atoms with Crippen molar-refractivity contribution in [1.82, 2.24) is 5.32 Å². The smallest absolute Gasteiger partial charge is 0.416 e. The van der Waals surface area contributed by atoms with Crippen LogP contribution in [0, 0.1) is 17.0 Å². The zero-order chi connectivity index (χ0) is 28.6. The van der Waals surface area contributed by atoms with Gasteiger partial charge in [-0.05, 0) is 66.6 Å². The average molecular weight is 625 g/mol. The molecular weight excluding hydrogens is 611 g/mol. The molecule has 200 valence electrons. The Morgan fingerprint density at radius 2 is 1.74 bits per heavy atom. The first-order valence-corrected chi connectivity index (χ1v) is 11.9. The van der Waals surface area contributed by atoms with E-state index in [-0.39, 0.29) is 27.6 Å². The van der Waals surface area contributed by atoms with Crippen molar-refractivity contribution in [1.29, 1.82) is 0 Å². The van der Waals surface area contributed by atoms with E-state index in [0.29, 0.717) is 17.7 Å². The molecule has 39 heavy (non-hydrogen) atoms. The van der Waals surface area contributed by atoms with Crippen LogP contribution in [0.15, 0.2) is 64.6 Å². The first-order chi connectivity index (χ1) is 18.3. The fourth-order valence-corrected chi connectivity index (χ4v) is 4.35. The van der Waals surface area contributed by atoms with Crippen LogP contribution in [0.2, 0.25) is 5.02 Å². The predicted octanol–water partition coefficient (Wildman–Crippen LogP) is 6.80. The van der Waals surface area contributed by atoms with E-state index in [0.717, 1.165) is 15.4 Å². The van der Waals surface area contributed by atoms with Gasteiger partial charge in [-0.2, -0.15) is 13.2 Å². The third kappa shape index (κ3) is 5.78. The lowest BCUT2D eigenvalue weighted by molar-refractivity contribution is -0.385. The molecule has 0 atom stereocenters.